The van der Waals surface area contributed by atoms with Crippen molar-refractivity contribution in [1.82, 2.24) is 4.98 Å². The summed E-state index contributed by atoms with van der Waals surface area (Å²) in [5.41, 5.74) is 2.14. The van der Waals surface area contributed by atoms with E-state index < -0.39 is 5.97 Å². The van der Waals surface area contributed by atoms with Crippen LogP contribution in [-0.2, 0) is 5.41 Å². The van der Waals surface area contributed by atoms with E-state index >= 15 is 0 Å². The fourth-order valence-corrected chi connectivity index (χ4v) is 1.51. The minimum atomic E-state index is -0.856. The van der Waals surface area contributed by atoms with Crippen LogP contribution < -0.4 is 0 Å². The van der Waals surface area contributed by atoms with Crippen molar-refractivity contribution >= 4 is 5.97 Å². The summed E-state index contributed by atoms with van der Waals surface area (Å²) < 4.78 is 0. The Bertz CT molecular complexity index is 369. The van der Waals surface area contributed by atoms with Crippen molar-refractivity contribution in [3.05, 3.63) is 23.0 Å². The molecule has 0 aromatic carbocycles. The molecule has 0 amide bonds. The Labute approximate surface area is 90.5 Å². The zero-order chi connectivity index (χ0) is 11.8. The first-order valence-corrected chi connectivity index (χ1v) is 5.20. The molecule has 0 unspecified atom stereocenters. The van der Waals surface area contributed by atoms with E-state index in [1.165, 1.54) is 0 Å². The third kappa shape index (κ3) is 2.41. The van der Waals surface area contributed by atoms with Crippen LogP contribution in [0.4, 0.5) is 0 Å². The lowest BCUT2D eigenvalue weighted by atomic mass is 9.92. The molecule has 0 aliphatic heterocycles. The molecule has 0 spiro atoms. The van der Waals surface area contributed by atoms with Gasteiger partial charge in [0, 0.05) is 16.8 Å². The number of H-pyrrole nitrogens is 1. The summed E-state index contributed by atoms with van der Waals surface area (Å²) >= 11 is 0. The Kier molecular flexibility index (Phi) is 2.93. The van der Waals surface area contributed by atoms with E-state index in [0.29, 0.717) is 5.56 Å². The maximum Gasteiger partial charge on any atom is 0.337 e. The molecule has 0 bridgehead atoms. The van der Waals surface area contributed by atoms with Crippen molar-refractivity contribution in [1.29, 1.82) is 0 Å². The highest BCUT2D eigenvalue weighted by Gasteiger charge is 2.22. The summed E-state index contributed by atoms with van der Waals surface area (Å²) in [4.78, 5) is 14.3. The van der Waals surface area contributed by atoms with Gasteiger partial charge in [0.15, 0.2) is 0 Å². The topological polar surface area (TPSA) is 53.1 Å². The van der Waals surface area contributed by atoms with Gasteiger partial charge in [-0.05, 0) is 12.0 Å². The minimum Gasteiger partial charge on any atom is -0.478 e. The Morgan fingerprint density at radius 1 is 1.40 bits per heavy atom. The third-order valence-corrected chi connectivity index (χ3v) is 2.46. The van der Waals surface area contributed by atoms with E-state index in [2.05, 4.69) is 25.8 Å². The van der Waals surface area contributed by atoms with Crippen LogP contribution in [0.1, 0.15) is 62.3 Å². The predicted octanol–water partition coefficient (Wildman–Crippen LogP) is 3.13. The van der Waals surface area contributed by atoms with Crippen LogP contribution in [0.25, 0.3) is 0 Å². The third-order valence-electron chi connectivity index (χ3n) is 2.46. The molecule has 0 aliphatic carbocycles. The highest BCUT2D eigenvalue weighted by Crippen LogP contribution is 2.27. The quantitative estimate of drug-likeness (QED) is 0.786. The molecule has 3 nitrogen and oxygen atoms in total. The minimum absolute atomic E-state index is 0.0443. The van der Waals surface area contributed by atoms with E-state index in [-0.39, 0.29) is 11.3 Å². The number of aromatic nitrogens is 1. The maximum absolute atomic E-state index is 11.0. The molecule has 1 rings (SSSR count). The molecule has 1 aromatic heterocycles. The average Bonchev–Trinajstić information content (AvgIpc) is 2.45. The molecule has 0 fully saturated rings. The molecule has 0 saturated carbocycles. The van der Waals surface area contributed by atoms with Crippen LogP contribution >= 0.6 is 0 Å². The molecular formula is C12H19NO2. The number of carboxylic acid groups (broad SMARTS) is 1. The molecule has 2 N–H and O–H groups in total. The Morgan fingerprint density at radius 3 is 2.20 bits per heavy atom. The van der Waals surface area contributed by atoms with Gasteiger partial charge in [0.05, 0.1) is 5.56 Å². The number of hydrogen-bond donors (Lipinski definition) is 2. The predicted molar refractivity (Wildman–Crippen MR) is 60.5 cm³/mol. The van der Waals surface area contributed by atoms with E-state index in [0.717, 1.165) is 11.4 Å². The SMILES string of the molecule is CC(C)c1[nH]c(C(C)(C)C)cc1C(=O)O. The highest BCUT2D eigenvalue weighted by atomic mass is 16.4. The molecule has 0 aliphatic rings. The molecule has 84 valence electrons. The van der Waals surface area contributed by atoms with Crippen molar-refractivity contribution < 1.29 is 9.90 Å². The van der Waals surface area contributed by atoms with Gasteiger partial charge >= 0.3 is 5.97 Å². The summed E-state index contributed by atoms with van der Waals surface area (Å²) in [6.45, 7) is 10.2. The van der Waals surface area contributed by atoms with Gasteiger partial charge in [0.25, 0.3) is 0 Å². The smallest absolute Gasteiger partial charge is 0.337 e. The van der Waals surface area contributed by atoms with Crippen molar-refractivity contribution in [3.8, 4) is 0 Å². The number of nitrogens with one attached hydrogen (secondary N) is 1. The van der Waals surface area contributed by atoms with Gasteiger partial charge in [0.1, 0.15) is 0 Å². The van der Waals surface area contributed by atoms with Crippen molar-refractivity contribution in [2.45, 2.75) is 46.0 Å². The summed E-state index contributed by atoms with van der Waals surface area (Å²) in [6, 6.07) is 1.75. The van der Waals surface area contributed by atoms with Crippen LogP contribution in [0.15, 0.2) is 6.07 Å². The first-order chi connectivity index (χ1) is 6.73. The lowest BCUT2D eigenvalue weighted by molar-refractivity contribution is 0.0695. The molecule has 0 saturated heterocycles. The monoisotopic (exact) mass is 209 g/mol. The summed E-state index contributed by atoms with van der Waals surface area (Å²) in [5.74, 6) is -0.655. The zero-order valence-corrected chi connectivity index (χ0v) is 10.0. The average molecular weight is 209 g/mol. The molecule has 0 atom stereocenters. The lowest BCUT2D eigenvalue weighted by Crippen LogP contribution is -2.11. The van der Waals surface area contributed by atoms with Gasteiger partial charge in [-0.15, -0.1) is 0 Å². The van der Waals surface area contributed by atoms with Crippen molar-refractivity contribution in [2.75, 3.05) is 0 Å². The molecular weight excluding hydrogens is 190 g/mol. The highest BCUT2D eigenvalue weighted by molar-refractivity contribution is 5.89. The number of carbonyl (C=O) groups is 1. The molecule has 0 radical (unpaired) electrons. The second-order valence-electron chi connectivity index (χ2n) is 5.22. The van der Waals surface area contributed by atoms with Gasteiger partial charge < -0.3 is 10.1 Å². The second-order valence-corrected chi connectivity index (χ2v) is 5.22. The molecule has 1 heterocycles. The van der Waals surface area contributed by atoms with Gasteiger partial charge in [-0.25, -0.2) is 4.79 Å². The normalized spacial score (nSPS) is 12.1. The van der Waals surface area contributed by atoms with E-state index in [1.54, 1.807) is 6.07 Å². The summed E-state index contributed by atoms with van der Waals surface area (Å²) in [6.07, 6.45) is 0. The van der Waals surface area contributed by atoms with Crippen molar-refractivity contribution in [2.24, 2.45) is 0 Å². The second kappa shape index (κ2) is 3.72. The largest absolute Gasteiger partial charge is 0.478 e. The zero-order valence-electron chi connectivity index (χ0n) is 10.0. The fourth-order valence-electron chi connectivity index (χ4n) is 1.51. The van der Waals surface area contributed by atoms with Crippen LogP contribution in [-0.4, -0.2) is 16.1 Å². The number of hydrogen-bond acceptors (Lipinski definition) is 1. The Morgan fingerprint density at radius 2 is 1.93 bits per heavy atom. The van der Waals surface area contributed by atoms with Gasteiger partial charge in [0.2, 0.25) is 0 Å². The molecule has 3 heteroatoms. The van der Waals surface area contributed by atoms with Crippen molar-refractivity contribution in [3.63, 3.8) is 0 Å². The standard InChI is InChI=1S/C12H19NO2/c1-7(2)10-8(11(14)15)6-9(13-10)12(3,4)5/h6-7,13H,1-5H3,(H,14,15). The fraction of sp³-hybridized carbons (Fsp3) is 0.583. The van der Waals surface area contributed by atoms with E-state index in [1.807, 2.05) is 13.8 Å². The first kappa shape index (κ1) is 11.8. The lowest BCUT2D eigenvalue weighted by Gasteiger charge is -2.16. The van der Waals surface area contributed by atoms with Gasteiger partial charge in [-0.3, -0.25) is 0 Å². The van der Waals surface area contributed by atoms with Crippen LogP contribution in [0.2, 0.25) is 0 Å². The van der Waals surface area contributed by atoms with Crippen LogP contribution in [0.5, 0.6) is 0 Å². The molecule has 15 heavy (non-hydrogen) atoms. The van der Waals surface area contributed by atoms with Gasteiger partial charge in [-0.2, -0.15) is 0 Å². The van der Waals surface area contributed by atoms with E-state index in [4.69, 9.17) is 5.11 Å². The summed E-state index contributed by atoms with van der Waals surface area (Å²) in [7, 11) is 0. The van der Waals surface area contributed by atoms with E-state index in [9.17, 15) is 4.79 Å². The Hall–Kier alpha value is -1.25. The number of aromatic carboxylic acids is 1. The van der Waals surface area contributed by atoms with Crippen LogP contribution in [0.3, 0.4) is 0 Å². The molecule has 1 aromatic rings. The summed E-state index contributed by atoms with van der Waals surface area (Å²) in [5, 5.41) is 9.07. The number of carboxylic acids is 1. The Balaban J connectivity index is 3.28. The van der Waals surface area contributed by atoms with Gasteiger partial charge in [-0.1, -0.05) is 34.6 Å². The maximum atomic E-state index is 11.0. The number of rotatable bonds is 2. The van der Waals surface area contributed by atoms with Crippen LogP contribution in [0, 0.1) is 0 Å². The number of aromatic amines is 1. The first-order valence-electron chi connectivity index (χ1n) is 5.20.